The molecule has 0 saturated carbocycles. The lowest BCUT2D eigenvalue weighted by atomic mass is 10.1. The van der Waals surface area contributed by atoms with Gasteiger partial charge in [-0.3, -0.25) is 4.79 Å². The highest BCUT2D eigenvalue weighted by Gasteiger charge is 2.14. The Hall–Kier alpha value is -1.79. The highest BCUT2D eigenvalue weighted by Crippen LogP contribution is 2.26. The van der Waals surface area contributed by atoms with Gasteiger partial charge in [0.1, 0.15) is 11.0 Å². The first-order chi connectivity index (χ1) is 13.7. The van der Waals surface area contributed by atoms with E-state index in [0.717, 1.165) is 49.6 Å². The molecule has 0 aliphatic carbocycles. The van der Waals surface area contributed by atoms with Gasteiger partial charge in [0.15, 0.2) is 5.16 Å². The van der Waals surface area contributed by atoms with E-state index in [4.69, 9.17) is 11.6 Å². The summed E-state index contributed by atoms with van der Waals surface area (Å²) < 4.78 is 0. The predicted molar refractivity (Wildman–Crippen MR) is 116 cm³/mol. The summed E-state index contributed by atoms with van der Waals surface area (Å²) in [6.45, 7) is 4.88. The molecule has 3 rings (SSSR count). The summed E-state index contributed by atoms with van der Waals surface area (Å²) in [4.78, 5) is 23.4. The SMILES string of the molecule is CCCCNC(=O)c1ccc(CSc2nc(Cl)cc(N3CCCCC3)n2)cc1. The van der Waals surface area contributed by atoms with Crippen molar-refractivity contribution in [3.05, 3.63) is 46.6 Å². The monoisotopic (exact) mass is 418 g/mol. The summed E-state index contributed by atoms with van der Waals surface area (Å²) in [5.41, 5.74) is 1.81. The highest BCUT2D eigenvalue weighted by molar-refractivity contribution is 7.98. The van der Waals surface area contributed by atoms with Gasteiger partial charge in [-0.1, -0.05) is 48.8 Å². The minimum atomic E-state index is -0.0167. The Morgan fingerprint density at radius 2 is 1.93 bits per heavy atom. The molecule has 0 bridgehead atoms. The molecule has 1 amide bonds. The van der Waals surface area contributed by atoms with Gasteiger partial charge in [-0.25, -0.2) is 9.97 Å². The molecule has 1 N–H and O–H groups in total. The molecule has 1 aliphatic heterocycles. The van der Waals surface area contributed by atoms with Gasteiger partial charge in [-0.05, 0) is 43.4 Å². The molecule has 1 aliphatic rings. The molecule has 0 atom stereocenters. The fraction of sp³-hybridized carbons (Fsp3) is 0.476. The van der Waals surface area contributed by atoms with Crippen molar-refractivity contribution in [3.8, 4) is 0 Å². The third-order valence-electron chi connectivity index (χ3n) is 4.74. The fourth-order valence-corrected chi connectivity index (χ4v) is 4.15. The van der Waals surface area contributed by atoms with Crippen LogP contribution in [-0.2, 0) is 5.75 Å². The van der Waals surface area contributed by atoms with E-state index in [1.807, 2.05) is 30.3 Å². The van der Waals surface area contributed by atoms with E-state index >= 15 is 0 Å². The third-order valence-corrected chi connectivity index (χ3v) is 5.85. The zero-order valence-electron chi connectivity index (χ0n) is 16.3. The minimum Gasteiger partial charge on any atom is -0.356 e. The molecule has 7 heteroatoms. The Labute approximate surface area is 176 Å². The zero-order chi connectivity index (χ0) is 19.8. The van der Waals surface area contributed by atoms with E-state index in [1.54, 1.807) is 11.8 Å². The number of halogens is 1. The number of nitrogens with one attached hydrogen (secondary N) is 1. The summed E-state index contributed by atoms with van der Waals surface area (Å²) >= 11 is 7.79. The van der Waals surface area contributed by atoms with E-state index in [0.29, 0.717) is 15.9 Å². The number of nitrogens with zero attached hydrogens (tertiary/aromatic N) is 3. The van der Waals surface area contributed by atoms with Crippen LogP contribution in [0.2, 0.25) is 5.15 Å². The van der Waals surface area contributed by atoms with Gasteiger partial charge in [0, 0.05) is 37.0 Å². The first-order valence-corrected chi connectivity index (χ1v) is 11.3. The van der Waals surface area contributed by atoms with Crippen LogP contribution in [0.5, 0.6) is 0 Å². The number of aromatic nitrogens is 2. The molecule has 1 aromatic carbocycles. The van der Waals surface area contributed by atoms with Gasteiger partial charge >= 0.3 is 0 Å². The molecule has 2 aromatic rings. The van der Waals surface area contributed by atoms with Crippen molar-refractivity contribution in [1.82, 2.24) is 15.3 Å². The molecule has 0 radical (unpaired) electrons. The van der Waals surface area contributed by atoms with E-state index in [2.05, 4.69) is 27.1 Å². The molecule has 0 spiro atoms. The number of unbranched alkanes of at least 4 members (excludes halogenated alkanes) is 1. The standard InChI is InChI=1S/C21H27ClN4OS/c1-2-3-11-23-20(27)17-9-7-16(8-10-17)15-28-21-24-18(22)14-19(25-21)26-12-5-4-6-13-26/h7-10,14H,2-6,11-13,15H2,1H3,(H,23,27). The molecular weight excluding hydrogens is 392 g/mol. The highest BCUT2D eigenvalue weighted by atomic mass is 35.5. The Morgan fingerprint density at radius 3 is 2.64 bits per heavy atom. The molecule has 1 fully saturated rings. The third kappa shape index (κ3) is 6.11. The van der Waals surface area contributed by atoms with Crippen LogP contribution in [0.25, 0.3) is 0 Å². The van der Waals surface area contributed by atoms with Gasteiger partial charge in [0.05, 0.1) is 0 Å². The van der Waals surface area contributed by atoms with Crippen molar-refractivity contribution in [2.24, 2.45) is 0 Å². The smallest absolute Gasteiger partial charge is 0.251 e. The Balaban J connectivity index is 1.57. The van der Waals surface area contributed by atoms with Crippen molar-refractivity contribution >= 4 is 35.1 Å². The fourth-order valence-electron chi connectivity index (χ4n) is 3.12. The first kappa shape index (κ1) is 20.9. The van der Waals surface area contributed by atoms with Crippen molar-refractivity contribution < 1.29 is 4.79 Å². The van der Waals surface area contributed by atoms with Crippen molar-refractivity contribution in [2.45, 2.75) is 49.9 Å². The molecule has 2 heterocycles. The zero-order valence-corrected chi connectivity index (χ0v) is 17.9. The maximum atomic E-state index is 12.1. The number of rotatable bonds is 8. The number of piperidine rings is 1. The van der Waals surface area contributed by atoms with E-state index in [-0.39, 0.29) is 5.91 Å². The van der Waals surface area contributed by atoms with Crippen LogP contribution in [0.1, 0.15) is 54.9 Å². The maximum absolute atomic E-state index is 12.1. The van der Waals surface area contributed by atoms with Gasteiger partial charge in [0.25, 0.3) is 5.91 Å². The van der Waals surface area contributed by atoms with Crippen molar-refractivity contribution in [3.63, 3.8) is 0 Å². The number of hydrogen-bond acceptors (Lipinski definition) is 5. The number of carbonyl (C=O) groups excluding carboxylic acids is 1. The number of hydrogen-bond donors (Lipinski definition) is 1. The second-order valence-corrected chi connectivity index (χ2v) is 8.30. The summed E-state index contributed by atoms with van der Waals surface area (Å²) in [6.07, 6.45) is 5.75. The molecule has 150 valence electrons. The molecular formula is C21H27ClN4OS. The summed E-state index contributed by atoms with van der Waals surface area (Å²) in [6, 6.07) is 9.56. The lowest BCUT2D eigenvalue weighted by Crippen LogP contribution is -2.30. The molecule has 5 nitrogen and oxygen atoms in total. The first-order valence-electron chi connectivity index (χ1n) is 9.95. The lowest BCUT2D eigenvalue weighted by molar-refractivity contribution is 0.0953. The van der Waals surface area contributed by atoms with Gasteiger partial charge < -0.3 is 10.2 Å². The summed E-state index contributed by atoms with van der Waals surface area (Å²) in [5.74, 6) is 1.63. The van der Waals surface area contributed by atoms with Crippen LogP contribution in [0.4, 0.5) is 5.82 Å². The maximum Gasteiger partial charge on any atom is 0.251 e. The van der Waals surface area contributed by atoms with E-state index < -0.39 is 0 Å². The van der Waals surface area contributed by atoms with Crippen LogP contribution in [0.3, 0.4) is 0 Å². The molecule has 0 unspecified atom stereocenters. The normalized spacial score (nSPS) is 14.1. The number of amides is 1. The predicted octanol–water partition coefficient (Wildman–Crippen LogP) is 4.94. The molecule has 1 saturated heterocycles. The van der Waals surface area contributed by atoms with Gasteiger partial charge in [-0.15, -0.1) is 0 Å². The van der Waals surface area contributed by atoms with Crippen LogP contribution >= 0.6 is 23.4 Å². The Morgan fingerprint density at radius 1 is 1.18 bits per heavy atom. The van der Waals surface area contributed by atoms with Crippen LogP contribution in [0, 0.1) is 0 Å². The average Bonchev–Trinajstić information content (AvgIpc) is 2.73. The summed E-state index contributed by atoms with van der Waals surface area (Å²) in [5, 5.41) is 4.11. The Bertz CT molecular complexity index is 778. The van der Waals surface area contributed by atoms with Crippen molar-refractivity contribution in [1.29, 1.82) is 0 Å². The molecule has 28 heavy (non-hydrogen) atoms. The number of thioether (sulfide) groups is 1. The number of anilines is 1. The summed E-state index contributed by atoms with van der Waals surface area (Å²) in [7, 11) is 0. The van der Waals surface area contributed by atoms with Crippen LogP contribution in [0.15, 0.2) is 35.5 Å². The van der Waals surface area contributed by atoms with E-state index in [1.165, 1.54) is 19.3 Å². The topological polar surface area (TPSA) is 58.1 Å². The van der Waals surface area contributed by atoms with Crippen LogP contribution in [-0.4, -0.2) is 35.5 Å². The number of benzene rings is 1. The van der Waals surface area contributed by atoms with Gasteiger partial charge in [0.2, 0.25) is 0 Å². The number of carbonyl (C=O) groups is 1. The van der Waals surface area contributed by atoms with Crippen molar-refractivity contribution in [2.75, 3.05) is 24.5 Å². The lowest BCUT2D eigenvalue weighted by Gasteiger charge is -2.27. The largest absolute Gasteiger partial charge is 0.356 e. The van der Waals surface area contributed by atoms with E-state index in [9.17, 15) is 4.79 Å². The van der Waals surface area contributed by atoms with Crippen LogP contribution < -0.4 is 10.2 Å². The quantitative estimate of drug-likeness (QED) is 0.284. The second-order valence-electron chi connectivity index (χ2n) is 6.97. The van der Waals surface area contributed by atoms with Gasteiger partial charge in [-0.2, -0.15) is 0 Å². The minimum absolute atomic E-state index is 0.0167. The Kier molecular flexibility index (Phi) is 7.98. The average molecular weight is 419 g/mol. The second kappa shape index (κ2) is 10.7. The molecule has 1 aromatic heterocycles.